The average Bonchev–Trinajstić information content (AvgIpc) is 3.24. The minimum Gasteiger partial charge on any atom is -0.494 e. The molecule has 1 aliphatic heterocycles. The van der Waals surface area contributed by atoms with Crippen molar-refractivity contribution in [2.75, 3.05) is 32.8 Å². The Labute approximate surface area is 186 Å². The van der Waals surface area contributed by atoms with E-state index in [4.69, 9.17) is 16.3 Å². The number of carbonyl (C=O) groups is 1. The van der Waals surface area contributed by atoms with Gasteiger partial charge in [0.15, 0.2) is 5.82 Å². The number of ether oxygens (including phenoxy) is 1. The molecule has 1 saturated heterocycles. The molecule has 1 amide bonds. The number of aromatic nitrogens is 4. The van der Waals surface area contributed by atoms with Crippen LogP contribution in [0.1, 0.15) is 18.3 Å². The summed E-state index contributed by atoms with van der Waals surface area (Å²) in [5.74, 6) is 1.74. The normalized spacial score (nSPS) is 14.6. The van der Waals surface area contributed by atoms with Crippen molar-refractivity contribution in [1.29, 1.82) is 0 Å². The molecular formula is C22H25ClN6O2. The van der Waals surface area contributed by atoms with Crippen molar-refractivity contribution in [2.24, 2.45) is 0 Å². The van der Waals surface area contributed by atoms with Crippen molar-refractivity contribution in [3.05, 3.63) is 64.9 Å². The topological polar surface area (TPSA) is 76.4 Å². The Bertz CT molecular complexity index is 998. The van der Waals surface area contributed by atoms with Crippen molar-refractivity contribution in [3.63, 3.8) is 0 Å². The Kier molecular flexibility index (Phi) is 6.79. The highest BCUT2D eigenvalue weighted by molar-refractivity contribution is 6.30. The number of hydrogen-bond acceptors (Lipinski definition) is 6. The van der Waals surface area contributed by atoms with Gasteiger partial charge in [0, 0.05) is 31.2 Å². The summed E-state index contributed by atoms with van der Waals surface area (Å²) in [6.07, 6.45) is 0.404. The Morgan fingerprint density at radius 3 is 2.42 bits per heavy atom. The SMILES string of the molecule is CCOc1ccc(CC(=O)N2CCN(Cc3nnnn3-c3ccc(Cl)cc3)CC2)cc1. The van der Waals surface area contributed by atoms with E-state index in [0.29, 0.717) is 37.7 Å². The minimum atomic E-state index is 0.148. The van der Waals surface area contributed by atoms with Crippen LogP contribution in [-0.2, 0) is 17.8 Å². The summed E-state index contributed by atoms with van der Waals surface area (Å²) in [6, 6.07) is 15.1. The van der Waals surface area contributed by atoms with Gasteiger partial charge in [0.25, 0.3) is 0 Å². The highest BCUT2D eigenvalue weighted by Gasteiger charge is 2.23. The summed E-state index contributed by atoms with van der Waals surface area (Å²) in [6.45, 7) is 6.15. The number of carbonyl (C=O) groups excluding carboxylic acids is 1. The van der Waals surface area contributed by atoms with Crippen LogP contribution < -0.4 is 4.74 Å². The summed E-state index contributed by atoms with van der Waals surface area (Å²) in [4.78, 5) is 16.9. The van der Waals surface area contributed by atoms with Crippen molar-refractivity contribution >= 4 is 17.5 Å². The summed E-state index contributed by atoms with van der Waals surface area (Å²) in [7, 11) is 0. The lowest BCUT2D eigenvalue weighted by Crippen LogP contribution is -2.48. The van der Waals surface area contributed by atoms with Gasteiger partial charge in [-0.25, -0.2) is 0 Å². The monoisotopic (exact) mass is 440 g/mol. The molecule has 162 valence electrons. The van der Waals surface area contributed by atoms with Gasteiger partial charge in [0.1, 0.15) is 5.75 Å². The lowest BCUT2D eigenvalue weighted by atomic mass is 10.1. The number of nitrogens with zero attached hydrogens (tertiary/aromatic N) is 6. The Balaban J connectivity index is 1.30. The number of piperazine rings is 1. The zero-order valence-corrected chi connectivity index (χ0v) is 18.2. The zero-order chi connectivity index (χ0) is 21.6. The van der Waals surface area contributed by atoms with Crippen LogP contribution in [0.4, 0.5) is 0 Å². The third-order valence-electron chi connectivity index (χ3n) is 5.29. The second-order valence-corrected chi connectivity index (χ2v) is 7.83. The van der Waals surface area contributed by atoms with Crippen LogP contribution in [0, 0.1) is 0 Å². The van der Waals surface area contributed by atoms with E-state index in [1.165, 1.54) is 0 Å². The Morgan fingerprint density at radius 1 is 1.03 bits per heavy atom. The average molecular weight is 441 g/mol. The van der Waals surface area contributed by atoms with Gasteiger partial charge in [-0.2, -0.15) is 4.68 Å². The number of rotatable bonds is 7. The van der Waals surface area contributed by atoms with Crippen molar-refractivity contribution < 1.29 is 9.53 Å². The first kappa shape index (κ1) is 21.3. The highest BCUT2D eigenvalue weighted by atomic mass is 35.5. The summed E-state index contributed by atoms with van der Waals surface area (Å²) in [5, 5.41) is 12.8. The van der Waals surface area contributed by atoms with E-state index in [9.17, 15) is 4.79 Å². The first-order valence-electron chi connectivity index (χ1n) is 10.4. The molecule has 1 fully saturated rings. The molecule has 1 aliphatic rings. The predicted octanol–water partition coefficient (Wildman–Crippen LogP) is 2.60. The smallest absolute Gasteiger partial charge is 0.227 e. The second kappa shape index (κ2) is 9.89. The Morgan fingerprint density at radius 2 is 1.74 bits per heavy atom. The van der Waals surface area contributed by atoms with Gasteiger partial charge in [-0.1, -0.05) is 23.7 Å². The molecule has 3 aromatic rings. The molecule has 4 rings (SSSR count). The maximum atomic E-state index is 12.7. The molecular weight excluding hydrogens is 416 g/mol. The van der Waals surface area contributed by atoms with Crippen LogP contribution in [0.15, 0.2) is 48.5 Å². The second-order valence-electron chi connectivity index (χ2n) is 7.39. The maximum absolute atomic E-state index is 12.7. The van der Waals surface area contributed by atoms with Gasteiger partial charge in [-0.05, 0) is 59.3 Å². The molecule has 8 nitrogen and oxygen atoms in total. The predicted molar refractivity (Wildman–Crippen MR) is 117 cm³/mol. The van der Waals surface area contributed by atoms with Gasteiger partial charge in [0.05, 0.1) is 25.3 Å². The molecule has 0 saturated carbocycles. The molecule has 0 atom stereocenters. The summed E-state index contributed by atoms with van der Waals surface area (Å²) < 4.78 is 7.18. The maximum Gasteiger partial charge on any atom is 0.227 e. The van der Waals surface area contributed by atoms with E-state index in [2.05, 4.69) is 20.4 Å². The van der Waals surface area contributed by atoms with Crippen LogP contribution >= 0.6 is 11.6 Å². The van der Waals surface area contributed by atoms with Gasteiger partial charge < -0.3 is 9.64 Å². The van der Waals surface area contributed by atoms with Crippen LogP contribution in [0.3, 0.4) is 0 Å². The summed E-state index contributed by atoms with van der Waals surface area (Å²) >= 11 is 5.97. The lowest BCUT2D eigenvalue weighted by Gasteiger charge is -2.34. The van der Waals surface area contributed by atoms with E-state index >= 15 is 0 Å². The molecule has 0 spiro atoms. The van der Waals surface area contributed by atoms with Crippen LogP contribution in [-0.4, -0.2) is 68.7 Å². The fourth-order valence-corrected chi connectivity index (χ4v) is 3.73. The zero-order valence-electron chi connectivity index (χ0n) is 17.4. The molecule has 0 N–H and O–H groups in total. The molecule has 1 aromatic heterocycles. The van der Waals surface area contributed by atoms with Gasteiger partial charge >= 0.3 is 0 Å². The van der Waals surface area contributed by atoms with Crippen LogP contribution in [0.2, 0.25) is 5.02 Å². The van der Waals surface area contributed by atoms with Crippen molar-refractivity contribution in [2.45, 2.75) is 19.9 Å². The first-order valence-corrected chi connectivity index (χ1v) is 10.7. The molecule has 0 radical (unpaired) electrons. The van der Waals surface area contributed by atoms with Gasteiger partial charge in [0.2, 0.25) is 5.91 Å². The van der Waals surface area contributed by atoms with E-state index in [1.807, 2.05) is 60.4 Å². The van der Waals surface area contributed by atoms with Gasteiger partial charge in [-0.15, -0.1) is 5.10 Å². The molecule has 31 heavy (non-hydrogen) atoms. The van der Waals surface area contributed by atoms with E-state index in [1.54, 1.807) is 4.68 Å². The first-order chi connectivity index (χ1) is 15.1. The Hall–Kier alpha value is -2.97. The fourth-order valence-electron chi connectivity index (χ4n) is 3.60. The largest absolute Gasteiger partial charge is 0.494 e. The van der Waals surface area contributed by atoms with Crippen LogP contribution in [0.5, 0.6) is 5.75 Å². The molecule has 2 aromatic carbocycles. The molecule has 0 aliphatic carbocycles. The fraction of sp³-hybridized carbons (Fsp3) is 0.364. The highest BCUT2D eigenvalue weighted by Crippen LogP contribution is 2.16. The van der Waals surface area contributed by atoms with E-state index in [-0.39, 0.29) is 5.91 Å². The lowest BCUT2D eigenvalue weighted by molar-refractivity contribution is -0.132. The molecule has 2 heterocycles. The van der Waals surface area contributed by atoms with Crippen molar-refractivity contribution in [1.82, 2.24) is 30.0 Å². The molecule has 0 bridgehead atoms. The van der Waals surface area contributed by atoms with Crippen molar-refractivity contribution in [3.8, 4) is 11.4 Å². The molecule has 0 unspecified atom stereocenters. The third-order valence-corrected chi connectivity index (χ3v) is 5.54. The molecule has 9 heteroatoms. The third kappa shape index (κ3) is 5.39. The van der Waals surface area contributed by atoms with E-state index in [0.717, 1.165) is 35.9 Å². The number of tetrazole rings is 1. The number of amides is 1. The minimum absolute atomic E-state index is 0.148. The number of benzene rings is 2. The number of halogens is 1. The summed E-state index contributed by atoms with van der Waals surface area (Å²) in [5.41, 5.74) is 1.87. The van der Waals surface area contributed by atoms with Crippen LogP contribution in [0.25, 0.3) is 5.69 Å². The quantitative estimate of drug-likeness (QED) is 0.562. The van der Waals surface area contributed by atoms with Gasteiger partial charge in [-0.3, -0.25) is 9.69 Å². The van der Waals surface area contributed by atoms with E-state index < -0.39 is 0 Å². The number of hydrogen-bond donors (Lipinski definition) is 0. The standard InChI is InChI=1S/C22H25ClN6O2/c1-2-31-20-9-3-17(4-10-20)15-22(30)28-13-11-27(12-14-28)16-21-24-25-26-29(21)19-7-5-18(23)6-8-19/h3-10H,2,11-16H2,1H3.